The summed E-state index contributed by atoms with van der Waals surface area (Å²) >= 11 is 5.51. The lowest BCUT2D eigenvalue weighted by Crippen LogP contribution is -1.94. The first-order valence-corrected chi connectivity index (χ1v) is 4.61. The zero-order valence-corrected chi connectivity index (χ0v) is 8.53. The van der Waals surface area contributed by atoms with Gasteiger partial charge in [-0.05, 0) is 18.2 Å². The van der Waals surface area contributed by atoms with Crippen LogP contribution in [0.15, 0.2) is 28.8 Å². The molecule has 2 aromatic rings. The summed E-state index contributed by atoms with van der Waals surface area (Å²) < 4.78 is 17.9. The van der Waals surface area contributed by atoms with Crippen molar-refractivity contribution in [2.75, 3.05) is 0 Å². The van der Waals surface area contributed by atoms with Crippen molar-refractivity contribution in [3.63, 3.8) is 0 Å². The fraction of sp³-hybridized carbons (Fsp3) is 0. The number of aromatic carboxylic acids is 1. The predicted molar refractivity (Wildman–Crippen MR) is 53.9 cm³/mol. The number of hydrogen-bond acceptors (Lipinski definition) is 3. The van der Waals surface area contributed by atoms with E-state index in [0.29, 0.717) is 5.56 Å². The van der Waals surface area contributed by atoms with Crippen LogP contribution < -0.4 is 0 Å². The van der Waals surface area contributed by atoms with Gasteiger partial charge in [-0.25, -0.2) is 9.18 Å². The van der Waals surface area contributed by atoms with Gasteiger partial charge in [0.25, 0.3) is 0 Å². The van der Waals surface area contributed by atoms with Crippen molar-refractivity contribution in [3.05, 3.63) is 40.8 Å². The van der Waals surface area contributed by atoms with Crippen LogP contribution >= 0.6 is 11.6 Å². The summed E-state index contributed by atoms with van der Waals surface area (Å²) in [5, 5.41) is 11.9. The number of rotatable bonds is 2. The fourth-order valence-corrected chi connectivity index (χ4v) is 1.28. The van der Waals surface area contributed by atoms with E-state index in [4.69, 9.17) is 21.2 Å². The van der Waals surface area contributed by atoms with Gasteiger partial charge in [0.1, 0.15) is 5.82 Å². The highest BCUT2D eigenvalue weighted by atomic mass is 35.5. The van der Waals surface area contributed by atoms with Crippen LogP contribution in [-0.2, 0) is 0 Å². The lowest BCUT2D eigenvalue weighted by molar-refractivity contribution is 0.0686. The summed E-state index contributed by atoms with van der Waals surface area (Å²) in [6.45, 7) is 0. The van der Waals surface area contributed by atoms with Crippen LogP contribution in [0.4, 0.5) is 4.39 Å². The third-order valence-electron chi connectivity index (χ3n) is 1.93. The minimum Gasteiger partial charge on any atom is -0.476 e. The van der Waals surface area contributed by atoms with Crippen molar-refractivity contribution in [2.45, 2.75) is 0 Å². The van der Waals surface area contributed by atoms with E-state index in [2.05, 4.69) is 5.16 Å². The highest BCUT2D eigenvalue weighted by Crippen LogP contribution is 2.24. The average molecular weight is 242 g/mol. The number of nitrogens with zero attached hydrogens (tertiary/aromatic N) is 1. The van der Waals surface area contributed by atoms with E-state index >= 15 is 0 Å². The van der Waals surface area contributed by atoms with Gasteiger partial charge >= 0.3 is 5.97 Å². The van der Waals surface area contributed by atoms with Crippen molar-refractivity contribution in [3.8, 4) is 11.3 Å². The van der Waals surface area contributed by atoms with Crippen molar-refractivity contribution in [1.82, 2.24) is 5.16 Å². The van der Waals surface area contributed by atoms with E-state index in [1.807, 2.05) is 0 Å². The molecule has 82 valence electrons. The van der Waals surface area contributed by atoms with Crippen LogP contribution in [0.5, 0.6) is 0 Å². The van der Waals surface area contributed by atoms with Gasteiger partial charge in [0.2, 0.25) is 0 Å². The zero-order valence-electron chi connectivity index (χ0n) is 7.78. The molecule has 1 N–H and O–H groups in total. The number of carboxylic acid groups (broad SMARTS) is 1. The second kappa shape index (κ2) is 3.94. The summed E-state index contributed by atoms with van der Waals surface area (Å²) in [5.74, 6) is -1.63. The standard InChI is InChI=1S/C10H5ClFNO3/c11-6-2-1-5(3-7(6)12)9-4-8(10(14)15)13-16-9/h1-4H,(H,14,15). The molecule has 0 saturated carbocycles. The molecule has 2 rings (SSSR count). The van der Waals surface area contributed by atoms with Gasteiger partial charge in [0, 0.05) is 11.6 Å². The smallest absolute Gasteiger partial charge is 0.358 e. The number of halogens is 2. The molecule has 1 aromatic carbocycles. The number of hydrogen-bond donors (Lipinski definition) is 1. The Hall–Kier alpha value is -1.88. The normalized spacial score (nSPS) is 10.4. The monoisotopic (exact) mass is 241 g/mol. The molecule has 0 unspecified atom stereocenters. The summed E-state index contributed by atoms with van der Waals surface area (Å²) in [6, 6.07) is 5.23. The predicted octanol–water partition coefficient (Wildman–Crippen LogP) is 2.83. The van der Waals surface area contributed by atoms with E-state index < -0.39 is 11.8 Å². The molecular weight excluding hydrogens is 237 g/mol. The van der Waals surface area contributed by atoms with Crippen LogP contribution in [0.1, 0.15) is 10.5 Å². The number of carboxylic acids is 1. The summed E-state index contributed by atoms with van der Waals surface area (Å²) in [5.41, 5.74) is 0.146. The maximum atomic E-state index is 13.1. The Kier molecular flexibility index (Phi) is 2.62. The van der Waals surface area contributed by atoms with Crippen molar-refractivity contribution in [1.29, 1.82) is 0 Å². The molecule has 0 bridgehead atoms. The Bertz CT molecular complexity index is 553. The highest BCUT2D eigenvalue weighted by molar-refractivity contribution is 6.30. The number of aromatic nitrogens is 1. The van der Waals surface area contributed by atoms with Crippen molar-refractivity contribution < 1.29 is 18.8 Å². The van der Waals surface area contributed by atoms with Crippen LogP contribution in [-0.4, -0.2) is 16.2 Å². The molecule has 0 aliphatic heterocycles. The molecule has 4 nitrogen and oxygen atoms in total. The molecule has 0 aliphatic rings. The molecular formula is C10H5ClFNO3. The Morgan fingerprint density at radius 2 is 2.19 bits per heavy atom. The molecule has 1 heterocycles. The fourth-order valence-electron chi connectivity index (χ4n) is 1.16. The molecule has 0 radical (unpaired) electrons. The summed E-state index contributed by atoms with van der Waals surface area (Å²) in [4.78, 5) is 10.5. The third kappa shape index (κ3) is 1.90. The number of benzene rings is 1. The Morgan fingerprint density at radius 1 is 1.44 bits per heavy atom. The Balaban J connectivity index is 2.42. The molecule has 0 saturated heterocycles. The third-order valence-corrected chi connectivity index (χ3v) is 2.24. The molecule has 0 spiro atoms. The first-order valence-electron chi connectivity index (χ1n) is 4.23. The summed E-state index contributed by atoms with van der Waals surface area (Å²) in [6.07, 6.45) is 0. The van der Waals surface area contributed by atoms with Crippen molar-refractivity contribution in [2.24, 2.45) is 0 Å². The van der Waals surface area contributed by atoms with Gasteiger partial charge in [-0.2, -0.15) is 0 Å². The van der Waals surface area contributed by atoms with Gasteiger partial charge in [-0.15, -0.1) is 0 Å². The zero-order chi connectivity index (χ0) is 11.7. The second-order valence-corrected chi connectivity index (χ2v) is 3.42. The Labute approximate surface area is 94.2 Å². The SMILES string of the molecule is O=C(O)c1cc(-c2ccc(Cl)c(F)c2)on1. The van der Waals surface area contributed by atoms with E-state index in [1.54, 1.807) is 0 Å². The van der Waals surface area contributed by atoms with E-state index in [0.717, 1.165) is 6.07 Å². The second-order valence-electron chi connectivity index (χ2n) is 3.01. The lowest BCUT2D eigenvalue weighted by Gasteiger charge is -1.96. The largest absolute Gasteiger partial charge is 0.476 e. The van der Waals surface area contributed by atoms with E-state index in [1.165, 1.54) is 18.2 Å². The maximum absolute atomic E-state index is 13.1. The van der Waals surface area contributed by atoms with E-state index in [9.17, 15) is 9.18 Å². The van der Waals surface area contributed by atoms with Gasteiger partial charge < -0.3 is 9.63 Å². The van der Waals surface area contributed by atoms with Crippen LogP contribution in [0.2, 0.25) is 5.02 Å². The average Bonchev–Trinajstić information content (AvgIpc) is 2.71. The molecule has 6 heteroatoms. The molecule has 0 amide bonds. The minimum absolute atomic E-state index is 0.0123. The Morgan fingerprint density at radius 3 is 2.75 bits per heavy atom. The van der Waals surface area contributed by atoms with Crippen LogP contribution in [0.3, 0.4) is 0 Å². The molecule has 1 aromatic heterocycles. The maximum Gasteiger partial charge on any atom is 0.358 e. The molecule has 0 aliphatic carbocycles. The first-order chi connectivity index (χ1) is 7.58. The van der Waals surface area contributed by atoms with Crippen LogP contribution in [0.25, 0.3) is 11.3 Å². The quantitative estimate of drug-likeness (QED) is 0.878. The van der Waals surface area contributed by atoms with E-state index in [-0.39, 0.29) is 16.5 Å². The molecule has 16 heavy (non-hydrogen) atoms. The van der Waals surface area contributed by atoms with Crippen LogP contribution in [0, 0.1) is 5.82 Å². The van der Waals surface area contributed by atoms with Gasteiger partial charge in [0.15, 0.2) is 11.5 Å². The van der Waals surface area contributed by atoms with Gasteiger partial charge in [-0.1, -0.05) is 16.8 Å². The number of carbonyl (C=O) groups is 1. The minimum atomic E-state index is -1.20. The van der Waals surface area contributed by atoms with Gasteiger partial charge in [-0.3, -0.25) is 0 Å². The van der Waals surface area contributed by atoms with Gasteiger partial charge in [0.05, 0.1) is 5.02 Å². The topological polar surface area (TPSA) is 63.3 Å². The first kappa shape index (κ1) is 10.6. The highest BCUT2D eigenvalue weighted by Gasteiger charge is 2.13. The molecule has 0 atom stereocenters. The molecule has 0 fully saturated rings. The lowest BCUT2D eigenvalue weighted by atomic mass is 10.1. The summed E-state index contributed by atoms with van der Waals surface area (Å²) in [7, 11) is 0. The van der Waals surface area contributed by atoms with Crippen molar-refractivity contribution >= 4 is 17.6 Å².